The Kier molecular flexibility index (Phi) is 6.99. The van der Waals surface area contributed by atoms with E-state index in [4.69, 9.17) is 5.73 Å². The summed E-state index contributed by atoms with van der Waals surface area (Å²) in [6, 6.07) is 6.00. The SMILES string of the molecule is CCC(N)(CC)CNC(=O)CCN1CCN(c2ccccn2)CC1. The maximum absolute atomic E-state index is 12.0. The lowest BCUT2D eigenvalue weighted by Gasteiger charge is -2.35. The van der Waals surface area contributed by atoms with E-state index in [-0.39, 0.29) is 11.4 Å². The second-order valence-electron chi connectivity index (χ2n) is 6.61. The molecule has 1 aliphatic rings. The third kappa shape index (κ3) is 5.46. The van der Waals surface area contributed by atoms with Crippen LogP contribution in [0.3, 0.4) is 0 Å². The van der Waals surface area contributed by atoms with Crippen LogP contribution < -0.4 is 16.0 Å². The molecule has 1 saturated heterocycles. The number of nitrogens with two attached hydrogens (primary N) is 1. The Labute approximate surface area is 145 Å². The summed E-state index contributed by atoms with van der Waals surface area (Å²) in [5, 5.41) is 2.99. The van der Waals surface area contributed by atoms with Gasteiger partial charge < -0.3 is 16.0 Å². The molecule has 0 bridgehead atoms. The minimum Gasteiger partial charge on any atom is -0.354 e. The third-order valence-electron chi connectivity index (χ3n) is 5.05. The smallest absolute Gasteiger partial charge is 0.221 e. The van der Waals surface area contributed by atoms with Crippen LogP contribution in [-0.2, 0) is 4.79 Å². The zero-order valence-corrected chi connectivity index (χ0v) is 15.0. The monoisotopic (exact) mass is 333 g/mol. The van der Waals surface area contributed by atoms with Gasteiger partial charge in [-0.05, 0) is 25.0 Å². The predicted molar refractivity (Wildman–Crippen MR) is 98.0 cm³/mol. The Bertz CT molecular complexity index is 495. The van der Waals surface area contributed by atoms with E-state index in [0.29, 0.717) is 13.0 Å². The number of anilines is 1. The fraction of sp³-hybridized carbons (Fsp3) is 0.667. The molecule has 0 unspecified atom stereocenters. The van der Waals surface area contributed by atoms with Crippen molar-refractivity contribution in [3.63, 3.8) is 0 Å². The standard InChI is InChI=1S/C18H31N5O/c1-3-18(19,4-2)15-21-17(24)8-10-22-11-13-23(14-12-22)16-7-5-6-9-20-16/h5-7,9H,3-4,8,10-15,19H2,1-2H3,(H,21,24). The van der Waals surface area contributed by atoms with Crippen molar-refractivity contribution in [2.24, 2.45) is 5.73 Å². The van der Waals surface area contributed by atoms with Gasteiger partial charge in [-0.1, -0.05) is 19.9 Å². The van der Waals surface area contributed by atoms with Crippen LogP contribution in [0.1, 0.15) is 33.1 Å². The summed E-state index contributed by atoms with van der Waals surface area (Å²) in [5.74, 6) is 1.13. The molecule has 1 aliphatic heterocycles. The zero-order valence-electron chi connectivity index (χ0n) is 15.0. The first-order valence-electron chi connectivity index (χ1n) is 9.00. The van der Waals surface area contributed by atoms with E-state index in [2.05, 4.69) is 33.9 Å². The van der Waals surface area contributed by atoms with E-state index in [0.717, 1.165) is 51.4 Å². The quantitative estimate of drug-likeness (QED) is 0.748. The summed E-state index contributed by atoms with van der Waals surface area (Å²) < 4.78 is 0. The fourth-order valence-corrected chi connectivity index (χ4v) is 2.86. The van der Waals surface area contributed by atoms with Crippen molar-refractivity contribution < 1.29 is 4.79 Å². The molecular weight excluding hydrogens is 302 g/mol. The minimum absolute atomic E-state index is 0.0962. The molecule has 1 fully saturated rings. The fourth-order valence-electron chi connectivity index (χ4n) is 2.86. The number of hydrogen-bond donors (Lipinski definition) is 2. The van der Waals surface area contributed by atoms with E-state index < -0.39 is 0 Å². The first kappa shape index (κ1) is 18.7. The maximum atomic E-state index is 12.0. The van der Waals surface area contributed by atoms with Crippen LogP contribution in [-0.4, -0.2) is 60.6 Å². The Morgan fingerprint density at radius 3 is 2.54 bits per heavy atom. The van der Waals surface area contributed by atoms with Gasteiger partial charge in [0.2, 0.25) is 5.91 Å². The molecule has 0 spiro atoms. The van der Waals surface area contributed by atoms with Crippen molar-refractivity contribution in [2.75, 3.05) is 44.2 Å². The van der Waals surface area contributed by atoms with Gasteiger partial charge in [0.1, 0.15) is 5.82 Å². The largest absolute Gasteiger partial charge is 0.354 e. The molecule has 6 nitrogen and oxygen atoms in total. The highest BCUT2D eigenvalue weighted by Gasteiger charge is 2.22. The van der Waals surface area contributed by atoms with Crippen LogP contribution >= 0.6 is 0 Å². The number of carbonyl (C=O) groups excluding carboxylic acids is 1. The highest BCUT2D eigenvalue weighted by Crippen LogP contribution is 2.13. The molecule has 1 aromatic heterocycles. The lowest BCUT2D eigenvalue weighted by Crippen LogP contribution is -2.50. The van der Waals surface area contributed by atoms with Crippen LogP contribution in [0, 0.1) is 0 Å². The Balaban J connectivity index is 1.66. The molecule has 0 radical (unpaired) electrons. The van der Waals surface area contributed by atoms with Crippen molar-refractivity contribution in [2.45, 2.75) is 38.6 Å². The van der Waals surface area contributed by atoms with Crippen molar-refractivity contribution in [3.8, 4) is 0 Å². The van der Waals surface area contributed by atoms with Crippen LogP contribution in [0.25, 0.3) is 0 Å². The molecule has 6 heteroatoms. The van der Waals surface area contributed by atoms with E-state index >= 15 is 0 Å². The lowest BCUT2D eigenvalue weighted by molar-refractivity contribution is -0.121. The number of piperazine rings is 1. The van der Waals surface area contributed by atoms with E-state index in [1.165, 1.54) is 0 Å². The molecule has 24 heavy (non-hydrogen) atoms. The average Bonchev–Trinajstić information content (AvgIpc) is 2.65. The number of rotatable bonds is 8. The zero-order chi connectivity index (χ0) is 17.4. The highest BCUT2D eigenvalue weighted by molar-refractivity contribution is 5.76. The minimum atomic E-state index is -0.274. The van der Waals surface area contributed by atoms with Crippen molar-refractivity contribution in [3.05, 3.63) is 24.4 Å². The molecule has 1 amide bonds. The van der Waals surface area contributed by atoms with Gasteiger partial charge in [0.05, 0.1) is 0 Å². The molecule has 0 aromatic carbocycles. The third-order valence-corrected chi connectivity index (χ3v) is 5.05. The normalized spacial score (nSPS) is 16.2. The molecular formula is C18H31N5O. The van der Waals surface area contributed by atoms with E-state index in [1.807, 2.05) is 24.4 Å². The summed E-state index contributed by atoms with van der Waals surface area (Å²) in [4.78, 5) is 21.1. The first-order valence-corrected chi connectivity index (χ1v) is 9.00. The van der Waals surface area contributed by atoms with Gasteiger partial charge in [-0.3, -0.25) is 9.69 Å². The summed E-state index contributed by atoms with van der Waals surface area (Å²) in [7, 11) is 0. The Hall–Kier alpha value is -1.66. The molecule has 2 rings (SSSR count). The molecule has 3 N–H and O–H groups in total. The van der Waals surface area contributed by atoms with Gasteiger partial charge in [-0.25, -0.2) is 4.98 Å². The molecule has 2 heterocycles. The number of amides is 1. The second-order valence-corrected chi connectivity index (χ2v) is 6.61. The van der Waals surface area contributed by atoms with E-state index in [9.17, 15) is 4.79 Å². The van der Waals surface area contributed by atoms with Gasteiger partial charge in [-0.2, -0.15) is 0 Å². The van der Waals surface area contributed by atoms with Gasteiger partial charge in [-0.15, -0.1) is 0 Å². The van der Waals surface area contributed by atoms with Crippen molar-refractivity contribution in [1.82, 2.24) is 15.2 Å². The van der Waals surface area contributed by atoms with Gasteiger partial charge in [0.25, 0.3) is 0 Å². The first-order chi connectivity index (χ1) is 11.6. The lowest BCUT2D eigenvalue weighted by atomic mass is 9.94. The molecule has 0 saturated carbocycles. The van der Waals surface area contributed by atoms with Gasteiger partial charge in [0, 0.05) is 57.4 Å². The number of nitrogens with one attached hydrogen (secondary N) is 1. The average molecular weight is 333 g/mol. The molecule has 134 valence electrons. The highest BCUT2D eigenvalue weighted by atomic mass is 16.1. The predicted octanol–water partition coefficient (Wildman–Crippen LogP) is 1.23. The molecule has 0 aliphatic carbocycles. The van der Waals surface area contributed by atoms with Crippen LogP contribution in [0.4, 0.5) is 5.82 Å². The number of pyridine rings is 1. The summed E-state index contributed by atoms with van der Waals surface area (Å²) in [6.07, 6.45) is 4.11. The van der Waals surface area contributed by atoms with Crippen LogP contribution in [0.15, 0.2) is 24.4 Å². The number of carbonyl (C=O) groups is 1. The second kappa shape index (κ2) is 8.99. The molecule has 1 aromatic rings. The van der Waals surface area contributed by atoms with Crippen LogP contribution in [0.2, 0.25) is 0 Å². The van der Waals surface area contributed by atoms with E-state index in [1.54, 1.807) is 0 Å². The van der Waals surface area contributed by atoms with Gasteiger partial charge >= 0.3 is 0 Å². The number of nitrogens with zero attached hydrogens (tertiary/aromatic N) is 3. The number of hydrogen-bond acceptors (Lipinski definition) is 5. The molecule has 0 atom stereocenters. The van der Waals surface area contributed by atoms with Crippen molar-refractivity contribution in [1.29, 1.82) is 0 Å². The van der Waals surface area contributed by atoms with Crippen molar-refractivity contribution >= 4 is 11.7 Å². The summed E-state index contributed by atoms with van der Waals surface area (Å²) in [6.45, 7) is 9.34. The summed E-state index contributed by atoms with van der Waals surface area (Å²) in [5.41, 5.74) is 5.94. The maximum Gasteiger partial charge on any atom is 0.221 e. The van der Waals surface area contributed by atoms with Crippen LogP contribution in [0.5, 0.6) is 0 Å². The summed E-state index contributed by atoms with van der Waals surface area (Å²) >= 11 is 0. The van der Waals surface area contributed by atoms with Gasteiger partial charge in [0.15, 0.2) is 0 Å². The Morgan fingerprint density at radius 1 is 1.25 bits per heavy atom. The number of aromatic nitrogens is 1. The topological polar surface area (TPSA) is 74.5 Å². The Morgan fingerprint density at radius 2 is 1.96 bits per heavy atom.